The first-order valence-corrected chi connectivity index (χ1v) is 13.7. The first-order chi connectivity index (χ1) is 20.4. The Balaban J connectivity index is 0.000000219. The third-order valence-corrected chi connectivity index (χ3v) is 6.16. The van der Waals surface area contributed by atoms with Gasteiger partial charge in [-0.2, -0.15) is 0 Å². The normalized spacial score (nSPS) is 9.67. The molecular weight excluding hydrogens is 519 g/mol. The average Bonchev–Trinajstić information content (AvgIpc) is 3.03. The van der Waals surface area contributed by atoms with Crippen LogP contribution in [0.15, 0.2) is 152 Å². The Morgan fingerprint density at radius 3 is 1.00 bits per heavy atom. The van der Waals surface area contributed by atoms with Gasteiger partial charge in [0.25, 0.3) is 0 Å². The van der Waals surface area contributed by atoms with Gasteiger partial charge < -0.3 is 24.5 Å². The summed E-state index contributed by atoms with van der Waals surface area (Å²) < 4.78 is 5.40. The van der Waals surface area contributed by atoms with Crippen molar-refractivity contribution in [2.24, 2.45) is 0 Å². The topological polar surface area (TPSA) is 56.2 Å². The lowest BCUT2D eigenvalue weighted by molar-refractivity contribution is 0.271. The molecule has 2 N–H and O–H groups in total. The molecule has 5 nitrogen and oxygen atoms in total. The summed E-state index contributed by atoms with van der Waals surface area (Å²) in [5, 5.41) is 18.9. The van der Waals surface area contributed by atoms with Gasteiger partial charge in [-0.05, 0) is 35.4 Å². The minimum atomic E-state index is -1.90. The number of para-hydroxylation sites is 2. The highest BCUT2D eigenvalue weighted by Gasteiger charge is 2.20. The molecule has 42 heavy (non-hydrogen) atoms. The number of hydrogen-bond acceptors (Lipinski definition) is 5. The monoisotopic (exact) mass is 558 g/mol. The number of rotatable bonds is 7. The molecule has 0 radical (unpaired) electrons. The number of hydrogen-bond donors (Lipinski definition) is 2. The Labute approximate surface area is 250 Å². The first kappa shape index (κ1) is 31.7. The zero-order valence-electron chi connectivity index (χ0n) is 24.7. The standard InChI is InChI=1S/C20H17BO3.2C8H11N/c22-21(23)24-20(18-14-8-3-9-15-18)19(16-10-4-1-5-11-16)17-12-6-2-7-13-17;2*1-9(2)8-6-4-3-5-7-8/h1-15,22-23H;2*3-7H,1-2H3. The van der Waals surface area contributed by atoms with Gasteiger partial charge in [-0.15, -0.1) is 0 Å². The van der Waals surface area contributed by atoms with Gasteiger partial charge in [0, 0.05) is 50.7 Å². The van der Waals surface area contributed by atoms with Crippen LogP contribution in [0.25, 0.3) is 11.3 Å². The third kappa shape index (κ3) is 10.3. The fourth-order valence-electron chi connectivity index (χ4n) is 4.06. The SMILES string of the molecule is CN(C)c1ccccc1.CN(C)c1ccccc1.OB(O)OC(=C(c1ccccc1)c1ccccc1)c1ccccc1. The lowest BCUT2D eigenvalue weighted by Crippen LogP contribution is -2.17. The maximum Gasteiger partial charge on any atom is 0.707 e. The molecule has 0 unspecified atom stereocenters. The minimum Gasteiger partial charge on any atom is -0.511 e. The van der Waals surface area contributed by atoms with Crippen LogP contribution in [0.5, 0.6) is 0 Å². The Morgan fingerprint density at radius 1 is 0.452 bits per heavy atom. The van der Waals surface area contributed by atoms with E-state index in [0.717, 1.165) is 22.3 Å². The van der Waals surface area contributed by atoms with Crippen LogP contribution in [0.3, 0.4) is 0 Å². The lowest BCUT2D eigenvalue weighted by Gasteiger charge is -2.18. The fraction of sp³-hybridized carbons (Fsp3) is 0.111. The fourth-order valence-corrected chi connectivity index (χ4v) is 4.06. The summed E-state index contributed by atoms with van der Waals surface area (Å²) in [6, 6.07) is 49.5. The molecule has 5 aromatic carbocycles. The zero-order chi connectivity index (χ0) is 30.2. The van der Waals surface area contributed by atoms with Crippen molar-refractivity contribution in [1.29, 1.82) is 0 Å². The van der Waals surface area contributed by atoms with Gasteiger partial charge >= 0.3 is 7.32 Å². The van der Waals surface area contributed by atoms with E-state index in [-0.39, 0.29) is 0 Å². The van der Waals surface area contributed by atoms with Crippen LogP contribution in [0, 0.1) is 0 Å². The molecule has 0 fully saturated rings. The Hall–Kier alpha value is -4.78. The molecule has 0 aliphatic carbocycles. The van der Waals surface area contributed by atoms with Crippen molar-refractivity contribution in [2.75, 3.05) is 38.0 Å². The Bertz CT molecular complexity index is 1360. The van der Waals surface area contributed by atoms with Gasteiger partial charge in [-0.25, -0.2) is 0 Å². The Morgan fingerprint density at radius 2 is 0.738 bits per heavy atom. The molecule has 214 valence electrons. The molecular formula is C36H39BN2O3. The highest BCUT2D eigenvalue weighted by molar-refractivity contribution is 6.34. The molecule has 5 rings (SSSR count). The summed E-state index contributed by atoms with van der Waals surface area (Å²) in [5.41, 5.74) is 5.94. The highest BCUT2D eigenvalue weighted by Crippen LogP contribution is 2.33. The minimum absolute atomic E-state index is 0.419. The van der Waals surface area contributed by atoms with Gasteiger partial charge in [0.1, 0.15) is 5.76 Å². The second kappa shape index (κ2) is 17.1. The van der Waals surface area contributed by atoms with Crippen LogP contribution in [0.4, 0.5) is 11.4 Å². The molecule has 0 heterocycles. The number of nitrogens with zero attached hydrogens (tertiary/aromatic N) is 2. The molecule has 0 bridgehead atoms. The molecule has 0 saturated carbocycles. The summed E-state index contributed by atoms with van der Waals surface area (Å²) in [4.78, 5) is 4.17. The van der Waals surface area contributed by atoms with Crippen molar-refractivity contribution in [1.82, 2.24) is 0 Å². The molecule has 0 saturated heterocycles. The van der Waals surface area contributed by atoms with Crippen molar-refractivity contribution in [3.05, 3.63) is 168 Å². The lowest BCUT2D eigenvalue weighted by atomic mass is 9.93. The predicted molar refractivity (Wildman–Crippen MR) is 178 cm³/mol. The van der Waals surface area contributed by atoms with E-state index < -0.39 is 7.32 Å². The quantitative estimate of drug-likeness (QED) is 0.127. The molecule has 0 atom stereocenters. The second-order valence-electron chi connectivity index (χ2n) is 9.71. The Kier molecular flexibility index (Phi) is 12.9. The van der Waals surface area contributed by atoms with Crippen molar-refractivity contribution in [3.63, 3.8) is 0 Å². The van der Waals surface area contributed by atoms with E-state index >= 15 is 0 Å². The summed E-state index contributed by atoms with van der Waals surface area (Å²) in [5.74, 6) is 0.419. The number of benzene rings is 5. The van der Waals surface area contributed by atoms with E-state index in [1.807, 2.05) is 156 Å². The van der Waals surface area contributed by atoms with Gasteiger partial charge in [0.15, 0.2) is 0 Å². The van der Waals surface area contributed by atoms with Crippen LogP contribution >= 0.6 is 0 Å². The van der Waals surface area contributed by atoms with Crippen LogP contribution in [-0.4, -0.2) is 45.6 Å². The predicted octanol–water partition coefficient (Wildman–Crippen LogP) is 7.09. The van der Waals surface area contributed by atoms with Gasteiger partial charge in [-0.1, -0.05) is 127 Å². The molecule has 0 spiro atoms. The van der Waals surface area contributed by atoms with Gasteiger partial charge in [0.2, 0.25) is 0 Å². The first-order valence-electron chi connectivity index (χ1n) is 13.7. The molecule has 0 aliphatic heterocycles. The van der Waals surface area contributed by atoms with E-state index in [1.165, 1.54) is 11.4 Å². The van der Waals surface area contributed by atoms with Crippen molar-refractivity contribution >= 4 is 30.0 Å². The zero-order valence-corrected chi connectivity index (χ0v) is 24.7. The van der Waals surface area contributed by atoms with Crippen LogP contribution in [0.1, 0.15) is 16.7 Å². The molecule has 5 aromatic rings. The van der Waals surface area contributed by atoms with Gasteiger partial charge in [-0.3, -0.25) is 0 Å². The van der Waals surface area contributed by atoms with Crippen LogP contribution in [0.2, 0.25) is 0 Å². The largest absolute Gasteiger partial charge is 0.707 e. The van der Waals surface area contributed by atoms with Crippen molar-refractivity contribution < 1.29 is 14.7 Å². The highest BCUT2D eigenvalue weighted by atomic mass is 16.6. The van der Waals surface area contributed by atoms with E-state index in [9.17, 15) is 10.0 Å². The van der Waals surface area contributed by atoms with E-state index in [1.54, 1.807) is 0 Å². The maximum atomic E-state index is 9.43. The second-order valence-corrected chi connectivity index (χ2v) is 9.71. The maximum absolute atomic E-state index is 9.43. The van der Waals surface area contributed by atoms with E-state index in [0.29, 0.717) is 5.76 Å². The van der Waals surface area contributed by atoms with Crippen LogP contribution in [-0.2, 0) is 4.65 Å². The molecule has 0 aliphatic rings. The van der Waals surface area contributed by atoms with Gasteiger partial charge in [0.05, 0.1) is 0 Å². The van der Waals surface area contributed by atoms with Crippen LogP contribution < -0.4 is 9.80 Å². The summed E-state index contributed by atoms with van der Waals surface area (Å²) >= 11 is 0. The molecule has 6 heteroatoms. The van der Waals surface area contributed by atoms with Crippen molar-refractivity contribution in [3.8, 4) is 0 Å². The smallest absolute Gasteiger partial charge is 0.511 e. The summed E-state index contributed by atoms with van der Waals surface area (Å²) in [6.07, 6.45) is 0. The third-order valence-electron chi connectivity index (χ3n) is 6.16. The summed E-state index contributed by atoms with van der Waals surface area (Å²) in [7, 11) is 6.25. The summed E-state index contributed by atoms with van der Waals surface area (Å²) in [6.45, 7) is 0. The van der Waals surface area contributed by atoms with E-state index in [4.69, 9.17) is 4.65 Å². The van der Waals surface area contributed by atoms with Crippen molar-refractivity contribution in [2.45, 2.75) is 0 Å². The molecule has 0 amide bonds. The average molecular weight is 559 g/mol. The van der Waals surface area contributed by atoms with E-state index in [2.05, 4.69) is 34.1 Å². The number of anilines is 2. The molecule has 0 aromatic heterocycles.